The molecule has 0 N–H and O–H groups in total. The fourth-order valence-electron chi connectivity index (χ4n) is 4.96. The predicted molar refractivity (Wildman–Crippen MR) is 137 cm³/mol. The molecular weight excluding hydrogens is 414 g/mol. The summed E-state index contributed by atoms with van der Waals surface area (Å²) in [6.07, 6.45) is 13.3. The van der Waals surface area contributed by atoms with Crippen LogP contribution in [0.15, 0.2) is 0 Å². The predicted octanol–water partition coefficient (Wildman–Crippen LogP) is 4.72. The SMILES string of the molecule is CCCCCCCCCCCCN1CCN(CCN2CCN(C(=O)N(CC)CC)CC2)C1=O. The maximum Gasteiger partial charge on any atom is 0.320 e. The first-order valence-corrected chi connectivity index (χ1v) is 13.9. The van der Waals surface area contributed by atoms with Gasteiger partial charge in [0, 0.05) is 72.0 Å². The number of piperazine rings is 1. The van der Waals surface area contributed by atoms with Crippen LogP contribution in [-0.4, -0.2) is 109 Å². The van der Waals surface area contributed by atoms with Crippen molar-refractivity contribution in [2.45, 2.75) is 85.0 Å². The van der Waals surface area contributed by atoms with Crippen molar-refractivity contribution in [3.05, 3.63) is 0 Å². The summed E-state index contributed by atoms with van der Waals surface area (Å²) in [6, 6.07) is 0.387. The van der Waals surface area contributed by atoms with E-state index in [1.807, 2.05) is 33.4 Å². The number of urea groups is 2. The van der Waals surface area contributed by atoms with Crippen LogP contribution in [0.2, 0.25) is 0 Å². The molecule has 33 heavy (non-hydrogen) atoms. The largest absolute Gasteiger partial charge is 0.325 e. The molecule has 0 spiro atoms. The lowest BCUT2D eigenvalue weighted by Gasteiger charge is -2.37. The molecule has 0 aromatic heterocycles. The monoisotopic (exact) mass is 465 g/mol. The third-order valence-corrected chi connectivity index (χ3v) is 7.33. The van der Waals surface area contributed by atoms with E-state index in [0.29, 0.717) is 0 Å². The molecule has 2 fully saturated rings. The molecule has 2 aliphatic rings. The highest BCUT2D eigenvalue weighted by Gasteiger charge is 2.29. The number of hydrogen-bond donors (Lipinski definition) is 0. The van der Waals surface area contributed by atoms with Crippen LogP contribution in [0.1, 0.15) is 85.0 Å². The molecule has 0 aromatic carbocycles. The van der Waals surface area contributed by atoms with Crippen molar-refractivity contribution in [3.8, 4) is 0 Å². The average Bonchev–Trinajstić information content (AvgIpc) is 3.19. The van der Waals surface area contributed by atoms with Gasteiger partial charge >= 0.3 is 12.1 Å². The third kappa shape index (κ3) is 9.71. The lowest BCUT2D eigenvalue weighted by atomic mass is 10.1. The van der Waals surface area contributed by atoms with Gasteiger partial charge in [0.25, 0.3) is 0 Å². The lowest BCUT2D eigenvalue weighted by Crippen LogP contribution is -2.53. The Kier molecular flexibility index (Phi) is 13.6. The molecule has 2 rings (SSSR count). The summed E-state index contributed by atoms with van der Waals surface area (Å²) in [5.41, 5.74) is 0. The molecule has 7 nitrogen and oxygen atoms in total. The summed E-state index contributed by atoms with van der Waals surface area (Å²) < 4.78 is 0. The summed E-state index contributed by atoms with van der Waals surface area (Å²) in [6.45, 7) is 15.6. The van der Waals surface area contributed by atoms with E-state index in [4.69, 9.17) is 0 Å². The number of carbonyl (C=O) groups excluding carboxylic acids is 2. The molecule has 2 saturated heterocycles. The summed E-state index contributed by atoms with van der Waals surface area (Å²) >= 11 is 0. The van der Waals surface area contributed by atoms with Gasteiger partial charge in [-0.2, -0.15) is 0 Å². The number of nitrogens with zero attached hydrogens (tertiary/aromatic N) is 5. The van der Waals surface area contributed by atoms with Crippen molar-refractivity contribution in [2.24, 2.45) is 0 Å². The zero-order valence-electron chi connectivity index (χ0n) is 21.9. The second-order valence-corrected chi connectivity index (χ2v) is 9.72. The molecule has 7 heteroatoms. The third-order valence-electron chi connectivity index (χ3n) is 7.33. The lowest BCUT2D eigenvalue weighted by molar-refractivity contribution is 0.111. The summed E-state index contributed by atoms with van der Waals surface area (Å²) in [5, 5.41) is 0. The fourth-order valence-corrected chi connectivity index (χ4v) is 4.96. The first-order valence-electron chi connectivity index (χ1n) is 13.9. The van der Waals surface area contributed by atoms with E-state index in [1.165, 1.54) is 57.8 Å². The van der Waals surface area contributed by atoms with Gasteiger partial charge in [-0.15, -0.1) is 0 Å². The number of amides is 4. The summed E-state index contributed by atoms with van der Waals surface area (Å²) in [4.78, 5) is 35.5. The molecule has 0 aliphatic carbocycles. The van der Waals surface area contributed by atoms with Gasteiger partial charge < -0.3 is 19.6 Å². The minimum atomic E-state index is 0.164. The van der Waals surface area contributed by atoms with Gasteiger partial charge in [-0.1, -0.05) is 64.7 Å². The van der Waals surface area contributed by atoms with E-state index in [-0.39, 0.29) is 12.1 Å². The number of rotatable bonds is 16. The van der Waals surface area contributed by atoms with Crippen LogP contribution in [0.5, 0.6) is 0 Å². The molecule has 192 valence electrons. The zero-order valence-corrected chi connectivity index (χ0v) is 21.9. The van der Waals surface area contributed by atoms with Crippen molar-refractivity contribution in [1.29, 1.82) is 0 Å². The Morgan fingerprint density at radius 1 is 0.667 bits per heavy atom. The summed E-state index contributed by atoms with van der Waals surface area (Å²) in [7, 11) is 0. The van der Waals surface area contributed by atoms with Crippen LogP contribution in [0.4, 0.5) is 9.59 Å². The Morgan fingerprint density at radius 2 is 1.18 bits per heavy atom. The van der Waals surface area contributed by atoms with Crippen molar-refractivity contribution >= 4 is 12.1 Å². The van der Waals surface area contributed by atoms with Gasteiger partial charge in [-0.05, 0) is 20.3 Å². The second-order valence-electron chi connectivity index (χ2n) is 9.72. The van der Waals surface area contributed by atoms with Crippen LogP contribution in [-0.2, 0) is 0 Å². The van der Waals surface area contributed by atoms with Crippen molar-refractivity contribution in [3.63, 3.8) is 0 Å². The number of carbonyl (C=O) groups is 2. The normalized spacial score (nSPS) is 17.3. The van der Waals surface area contributed by atoms with Gasteiger partial charge in [0.1, 0.15) is 0 Å². The molecule has 4 amide bonds. The highest BCUT2D eigenvalue weighted by molar-refractivity contribution is 5.76. The first kappa shape index (κ1) is 27.7. The van der Waals surface area contributed by atoms with Crippen LogP contribution in [0.25, 0.3) is 0 Å². The van der Waals surface area contributed by atoms with Crippen LogP contribution < -0.4 is 0 Å². The Morgan fingerprint density at radius 3 is 1.73 bits per heavy atom. The van der Waals surface area contributed by atoms with Crippen molar-refractivity contribution in [1.82, 2.24) is 24.5 Å². The van der Waals surface area contributed by atoms with Gasteiger partial charge in [0.15, 0.2) is 0 Å². The molecule has 0 bridgehead atoms. The molecule has 0 atom stereocenters. The Bertz CT molecular complexity index is 547. The minimum absolute atomic E-state index is 0.164. The van der Waals surface area contributed by atoms with Crippen LogP contribution in [0, 0.1) is 0 Å². The van der Waals surface area contributed by atoms with E-state index in [0.717, 1.165) is 78.4 Å². The highest BCUT2D eigenvalue weighted by atomic mass is 16.2. The zero-order chi connectivity index (χ0) is 23.9. The highest BCUT2D eigenvalue weighted by Crippen LogP contribution is 2.14. The van der Waals surface area contributed by atoms with E-state index >= 15 is 0 Å². The molecule has 2 aliphatic heterocycles. The first-order chi connectivity index (χ1) is 16.1. The number of unbranched alkanes of at least 4 members (excludes halogenated alkanes) is 9. The van der Waals surface area contributed by atoms with Crippen LogP contribution in [0.3, 0.4) is 0 Å². The van der Waals surface area contributed by atoms with Crippen molar-refractivity contribution in [2.75, 3.05) is 72.0 Å². The Labute approximate surface area is 203 Å². The topological polar surface area (TPSA) is 50.3 Å². The van der Waals surface area contributed by atoms with Crippen molar-refractivity contribution < 1.29 is 9.59 Å². The van der Waals surface area contributed by atoms with E-state index in [1.54, 1.807) is 0 Å². The molecule has 0 saturated carbocycles. The maximum absolute atomic E-state index is 12.7. The Hall–Kier alpha value is -1.50. The molecular formula is C26H51N5O2. The second kappa shape index (κ2) is 16.2. The van der Waals surface area contributed by atoms with E-state index in [9.17, 15) is 9.59 Å². The van der Waals surface area contributed by atoms with Crippen LogP contribution >= 0.6 is 0 Å². The fraction of sp³-hybridized carbons (Fsp3) is 0.923. The quantitative estimate of drug-likeness (QED) is 0.310. The molecule has 0 unspecified atom stereocenters. The van der Waals surface area contributed by atoms with Gasteiger partial charge in [-0.3, -0.25) is 4.90 Å². The van der Waals surface area contributed by atoms with E-state index < -0.39 is 0 Å². The molecule has 0 radical (unpaired) electrons. The molecule has 2 heterocycles. The Balaban J connectivity index is 1.52. The average molecular weight is 466 g/mol. The van der Waals surface area contributed by atoms with E-state index in [2.05, 4.69) is 11.8 Å². The minimum Gasteiger partial charge on any atom is -0.325 e. The molecule has 0 aromatic rings. The summed E-state index contributed by atoms with van der Waals surface area (Å²) in [5.74, 6) is 0. The van der Waals surface area contributed by atoms with Gasteiger partial charge in [0.2, 0.25) is 0 Å². The smallest absolute Gasteiger partial charge is 0.320 e. The number of hydrogen-bond acceptors (Lipinski definition) is 3. The van der Waals surface area contributed by atoms with Gasteiger partial charge in [0.05, 0.1) is 0 Å². The van der Waals surface area contributed by atoms with Gasteiger partial charge in [-0.25, -0.2) is 9.59 Å². The standard InChI is InChI=1S/C26H51N5O2/c1-4-7-8-9-10-11-12-13-14-15-16-29-23-24-31(26(29)33)22-19-27-17-20-30(21-18-27)25(32)28(5-2)6-3/h4-24H2,1-3H3. The maximum atomic E-state index is 12.7.